The molecule has 1 rings (SSSR count). The minimum absolute atomic E-state index is 0.833. The zero-order chi connectivity index (χ0) is 8.16. The van der Waals surface area contributed by atoms with E-state index in [0.717, 1.165) is 5.88 Å². The van der Waals surface area contributed by atoms with Crippen LogP contribution in [0.1, 0.15) is 26.2 Å². The van der Waals surface area contributed by atoms with Crippen LogP contribution in [0.4, 0.5) is 0 Å². The zero-order valence-electron chi connectivity index (χ0n) is 7.48. The van der Waals surface area contributed by atoms with E-state index < -0.39 is 0 Å². The Morgan fingerprint density at radius 1 is 1.18 bits per heavy atom. The summed E-state index contributed by atoms with van der Waals surface area (Å²) in [4.78, 5) is 0. The fourth-order valence-corrected chi connectivity index (χ4v) is 2.58. The lowest BCUT2D eigenvalue weighted by Crippen LogP contribution is -2.47. The number of nitrogens with zero attached hydrogens (tertiary/aromatic N) is 1. The first kappa shape index (κ1) is 9.34. The predicted octanol–water partition coefficient (Wildman–Crippen LogP) is 2.25. The van der Waals surface area contributed by atoms with E-state index in [-0.39, 0.29) is 0 Å². The molecule has 11 heavy (non-hydrogen) atoms. The van der Waals surface area contributed by atoms with Crippen molar-refractivity contribution in [2.45, 2.75) is 26.2 Å². The lowest BCUT2D eigenvalue weighted by atomic mass is 10.3. The van der Waals surface area contributed by atoms with Crippen LogP contribution in [-0.2, 0) is 0 Å². The molecule has 1 fully saturated rings. The molecule has 0 atom stereocenters. The monoisotopic (exact) mass is 176 g/mol. The first-order chi connectivity index (χ1) is 5.33. The molecule has 0 radical (unpaired) electrons. The van der Waals surface area contributed by atoms with E-state index >= 15 is 0 Å². The van der Waals surface area contributed by atoms with Crippen molar-refractivity contribution in [2.24, 2.45) is 0 Å². The number of quaternary nitrogens is 1. The summed E-state index contributed by atoms with van der Waals surface area (Å²) in [6.07, 6.45) is 4.13. The second-order valence-electron chi connectivity index (χ2n) is 3.63. The van der Waals surface area contributed by atoms with Crippen LogP contribution in [0.3, 0.4) is 0 Å². The third-order valence-corrected chi connectivity index (χ3v) is 2.94. The lowest BCUT2D eigenvalue weighted by Gasteiger charge is -2.33. The van der Waals surface area contributed by atoms with E-state index in [0.29, 0.717) is 0 Å². The summed E-state index contributed by atoms with van der Waals surface area (Å²) in [6.45, 7) is 7.55. The number of alkyl halides is 1. The van der Waals surface area contributed by atoms with Gasteiger partial charge in [-0.1, -0.05) is 6.92 Å². The summed E-state index contributed by atoms with van der Waals surface area (Å²) in [5.41, 5.74) is 0. The molecule has 1 heterocycles. The third-order valence-electron chi connectivity index (χ3n) is 2.77. The minimum atomic E-state index is 0.833. The Kier molecular flexibility index (Phi) is 3.67. The van der Waals surface area contributed by atoms with Crippen LogP contribution < -0.4 is 0 Å². The zero-order valence-corrected chi connectivity index (χ0v) is 8.24. The standard InChI is InChI=1S/C9H19ClN/c1-2-6-11(9-5-10)7-3-4-8-11/h2-9H2,1H3/q+1. The molecule has 0 aromatic heterocycles. The second kappa shape index (κ2) is 4.32. The molecule has 1 saturated heterocycles. The van der Waals surface area contributed by atoms with Gasteiger partial charge in [-0.05, 0) is 6.42 Å². The molecule has 0 aliphatic carbocycles. The molecule has 1 aliphatic heterocycles. The molecule has 1 nitrogen and oxygen atoms in total. The predicted molar refractivity (Wildman–Crippen MR) is 50.0 cm³/mol. The summed E-state index contributed by atoms with van der Waals surface area (Å²) in [7, 11) is 0. The van der Waals surface area contributed by atoms with E-state index in [4.69, 9.17) is 11.6 Å². The maximum absolute atomic E-state index is 5.79. The van der Waals surface area contributed by atoms with Crippen molar-refractivity contribution >= 4 is 11.6 Å². The Labute approximate surface area is 74.9 Å². The molecule has 0 saturated carbocycles. The molecular formula is C9H19ClN+. The highest BCUT2D eigenvalue weighted by atomic mass is 35.5. The smallest absolute Gasteiger partial charge is 0.0924 e. The van der Waals surface area contributed by atoms with Gasteiger partial charge >= 0.3 is 0 Å². The van der Waals surface area contributed by atoms with Crippen LogP contribution in [-0.4, -0.2) is 36.5 Å². The van der Waals surface area contributed by atoms with E-state index in [9.17, 15) is 0 Å². The van der Waals surface area contributed by atoms with Crippen LogP contribution in [0.15, 0.2) is 0 Å². The van der Waals surface area contributed by atoms with Gasteiger partial charge in [-0.15, -0.1) is 11.6 Å². The summed E-state index contributed by atoms with van der Waals surface area (Å²) < 4.78 is 1.31. The van der Waals surface area contributed by atoms with Crippen molar-refractivity contribution in [3.63, 3.8) is 0 Å². The SMILES string of the molecule is CCC[N+]1(CCCl)CCCC1. The molecule has 0 aromatic carbocycles. The number of rotatable bonds is 4. The van der Waals surface area contributed by atoms with Gasteiger partial charge in [-0.25, -0.2) is 0 Å². The first-order valence-corrected chi connectivity index (χ1v) is 5.27. The number of likely N-dealkylation sites (tertiary alicyclic amines) is 1. The van der Waals surface area contributed by atoms with E-state index in [1.165, 1.54) is 49.9 Å². The Hall–Kier alpha value is 0.250. The third kappa shape index (κ3) is 2.34. The Morgan fingerprint density at radius 2 is 1.82 bits per heavy atom. The highest BCUT2D eigenvalue weighted by molar-refractivity contribution is 6.17. The van der Waals surface area contributed by atoms with Gasteiger partial charge < -0.3 is 4.48 Å². The quantitative estimate of drug-likeness (QED) is 0.456. The van der Waals surface area contributed by atoms with Crippen molar-refractivity contribution in [3.8, 4) is 0 Å². The van der Waals surface area contributed by atoms with Gasteiger partial charge in [0.1, 0.15) is 0 Å². The summed E-state index contributed by atoms with van der Waals surface area (Å²) in [6, 6.07) is 0. The van der Waals surface area contributed by atoms with Gasteiger partial charge in [0.15, 0.2) is 0 Å². The lowest BCUT2D eigenvalue weighted by molar-refractivity contribution is -0.914. The van der Waals surface area contributed by atoms with E-state index in [1.807, 2.05) is 0 Å². The largest absolute Gasteiger partial charge is 0.323 e. The molecule has 0 spiro atoms. The van der Waals surface area contributed by atoms with Gasteiger partial charge in [-0.2, -0.15) is 0 Å². The van der Waals surface area contributed by atoms with Crippen LogP contribution in [0.25, 0.3) is 0 Å². The molecule has 66 valence electrons. The summed E-state index contributed by atoms with van der Waals surface area (Å²) in [5, 5.41) is 0. The Morgan fingerprint density at radius 3 is 2.27 bits per heavy atom. The number of hydrogen-bond acceptors (Lipinski definition) is 0. The van der Waals surface area contributed by atoms with Crippen molar-refractivity contribution in [2.75, 3.05) is 32.1 Å². The fourth-order valence-electron chi connectivity index (χ4n) is 2.22. The minimum Gasteiger partial charge on any atom is -0.323 e. The molecule has 0 aromatic rings. The van der Waals surface area contributed by atoms with Crippen LogP contribution >= 0.6 is 11.6 Å². The van der Waals surface area contributed by atoms with Crippen molar-refractivity contribution in [1.82, 2.24) is 0 Å². The highest BCUT2D eigenvalue weighted by Gasteiger charge is 2.29. The fraction of sp³-hybridized carbons (Fsp3) is 1.00. The molecule has 2 heteroatoms. The summed E-state index contributed by atoms with van der Waals surface area (Å²) >= 11 is 5.79. The topological polar surface area (TPSA) is 0 Å². The maximum Gasteiger partial charge on any atom is 0.0924 e. The average molecular weight is 177 g/mol. The van der Waals surface area contributed by atoms with E-state index in [1.54, 1.807) is 0 Å². The normalized spacial score (nSPS) is 22.4. The van der Waals surface area contributed by atoms with Gasteiger partial charge in [0.2, 0.25) is 0 Å². The number of halogens is 1. The van der Waals surface area contributed by atoms with Crippen LogP contribution in [0.2, 0.25) is 0 Å². The van der Waals surface area contributed by atoms with Crippen molar-refractivity contribution in [3.05, 3.63) is 0 Å². The van der Waals surface area contributed by atoms with Crippen LogP contribution in [0.5, 0.6) is 0 Å². The Bertz CT molecular complexity index is 100. The first-order valence-electron chi connectivity index (χ1n) is 4.74. The molecule has 0 amide bonds. The molecule has 0 unspecified atom stereocenters. The molecule has 0 N–H and O–H groups in total. The van der Waals surface area contributed by atoms with Crippen molar-refractivity contribution < 1.29 is 4.48 Å². The van der Waals surface area contributed by atoms with Gasteiger partial charge in [0.05, 0.1) is 32.1 Å². The van der Waals surface area contributed by atoms with Gasteiger partial charge in [0.25, 0.3) is 0 Å². The maximum atomic E-state index is 5.79. The van der Waals surface area contributed by atoms with Gasteiger partial charge in [-0.3, -0.25) is 0 Å². The van der Waals surface area contributed by atoms with Crippen molar-refractivity contribution in [1.29, 1.82) is 0 Å². The number of hydrogen-bond donors (Lipinski definition) is 0. The Balaban J connectivity index is 2.40. The van der Waals surface area contributed by atoms with Gasteiger partial charge in [0, 0.05) is 12.8 Å². The molecule has 0 bridgehead atoms. The molecule has 1 aliphatic rings. The highest BCUT2D eigenvalue weighted by Crippen LogP contribution is 2.19. The second-order valence-corrected chi connectivity index (χ2v) is 4.01. The van der Waals surface area contributed by atoms with Crippen LogP contribution in [0, 0.1) is 0 Å². The molecular weight excluding hydrogens is 158 g/mol. The summed E-state index contributed by atoms with van der Waals surface area (Å²) in [5.74, 6) is 0.833. The average Bonchev–Trinajstić information content (AvgIpc) is 2.39. The van der Waals surface area contributed by atoms with E-state index in [2.05, 4.69) is 6.92 Å².